The zero-order valence-electron chi connectivity index (χ0n) is 20.0. The van der Waals surface area contributed by atoms with Gasteiger partial charge in [0.2, 0.25) is 10.6 Å². The smallest absolute Gasteiger partial charge is 0.418 e. The molecule has 34 heavy (non-hydrogen) atoms. The summed E-state index contributed by atoms with van der Waals surface area (Å²) in [6, 6.07) is 0. The molecule has 1 radical (unpaired) electrons. The van der Waals surface area contributed by atoms with E-state index in [1.165, 1.54) is 32.1 Å². The van der Waals surface area contributed by atoms with Gasteiger partial charge in [-0.1, -0.05) is 24.3 Å². The molecule has 11 heteroatoms. The van der Waals surface area contributed by atoms with Gasteiger partial charge < -0.3 is 22.0 Å². The Morgan fingerprint density at radius 1 is 0.706 bits per heavy atom. The molecular weight excluding hydrogens is 576 g/mol. The van der Waals surface area contributed by atoms with Crippen molar-refractivity contribution in [3.8, 4) is 0 Å². The molecule has 3 heterocycles. The first kappa shape index (κ1) is 29.9. The molecule has 2 aliphatic carbocycles. The van der Waals surface area contributed by atoms with Crippen LogP contribution in [0.25, 0.3) is 0 Å². The third kappa shape index (κ3) is 7.33. The van der Waals surface area contributed by atoms with Crippen LogP contribution in [0.1, 0.15) is 59.8 Å². The minimum absolute atomic E-state index is 0. The molecule has 193 valence electrons. The molecule has 0 aromatic rings. The van der Waals surface area contributed by atoms with Gasteiger partial charge >= 0.3 is 19.2 Å². The van der Waals surface area contributed by atoms with Gasteiger partial charge in [0.1, 0.15) is 0 Å². The Morgan fingerprint density at radius 2 is 0.971 bits per heavy atom. The maximum atomic E-state index is 12.4. The molecule has 5 aliphatic rings. The first-order valence-electron chi connectivity index (χ1n) is 11.9. The molecular formula is C23H34BF4O3P2Rh+. The normalized spacial score (nSPS) is 34.6. The third-order valence-corrected chi connectivity index (χ3v) is 15.1. The summed E-state index contributed by atoms with van der Waals surface area (Å²) in [7, 11) is -7.90. The molecule has 0 unspecified atom stereocenters. The number of carbonyl (C=O) groups excluding carboxylic acids is 2. The number of ether oxygens (including phenoxy) is 1. The molecule has 0 spiro atoms. The summed E-state index contributed by atoms with van der Waals surface area (Å²) in [6.45, 7) is 9.05. The fraction of sp³-hybridized carbons (Fsp3) is 0.652. The molecule has 2 bridgehead atoms. The fourth-order valence-electron chi connectivity index (χ4n) is 5.82. The van der Waals surface area contributed by atoms with Crippen molar-refractivity contribution >= 4 is 35.0 Å². The summed E-state index contributed by atoms with van der Waals surface area (Å²) in [5.41, 5.74) is 2.34. The number of hydrogen-bond donors (Lipinski definition) is 0. The van der Waals surface area contributed by atoms with Crippen LogP contribution >= 0.6 is 15.8 Å². The van der Waals surface area contributed by atoms with Gasteiger partial charge in [-0.15, -0.1) is 0 Å². The molecule has 2 fully saturated rings. The first-order valence-corrected chi connectivity index (χ1v) is 15.2. The molecule has 0 aromatic carbocycles. The van der Waals surface area contributed by atoms with Gasteiger partial charge in [-0.05, 0) is 71.6 Å². The molecule has 0 saturated carbocycles. The quantitative estimate of drug-likeness (QED) is 0.0855. The summed E-state index contributed by atoms with van der Waals surface area (Å²) in [5.74, 6) is 1.05. The Bertz CT molecular complexity index is 766. The Balaban J connectivity index is 0.000000257. The van der Waals surface area contributed by atoms with Crippen molar-refractivity contribution in [2.45, 2.75) is 82.4 Å². The van der Waals surface area contributed by atoms with E-state index in [4.69, 9.17) is 4.74 Å². The minimum Gasteiger partial charge on any atom is -0.418 e. The van der Waals surface area contributed by atoms with Crippen molar-refractivity contribution in [1.82, 2.24) is 0 Å². The number of esters is 2. The van der Waals surface area contributed by atoms with Crippen LogP contribution in [0.2, 0.25) is 0 Å². The van der Waals surface area contributed by atoms with Gasteiger partial charge in [0.05, 0.1) is 38.5 Å². The van der Waals surface area contributed by atoms with Gasteiger partial charge in [-0.3, -0.25) is 0 Å². The second-order valence-corrected chi connectivity index (χ2v) is 16.7. The van der Waals surface area contributed by atoms with Crippen molar-refractivity contribution in [3.05, 3.63) is 34.9 Å². The summed E-state index contributed by atoms with van der Waals surface area (Å²) >= 11 is 0. The predicted octanol–water partition coefficient (Wildman–Crippen LogP) is 6.90. The van der Waals surface area contributed by atoms with E-state index in [-0.39, 0.29) is 31.4 Å². The van der Waals surface area contributed by atoms with Crippen molar-refractivity contribution in [3.63, 3.8) is 0 Å². The predicted molar refractivity (Wildman–Crippen MR) is 131 cm³/mol. The Kier molecular flexibility index (Phi) is 10.8. The summed E-state index contributed by atoms with van der Waals surface area (Å²) in [4.78, 5) is 24.8. The van der Waals surface area contributed by atoms with Crippen LogP contribution in [0.15, 0.2) is 34.9 Å². The second kappa shape index (κ2) is 12.2. The summed E-state index contributed by atoms with van der Waals surface area (Å²) in [6.07, 6.45) is 15.3. The van der Waals surface area contributed by atoms with Gasteiger partial charge in [0, 0.05) is 19.5 Å². The van der Waals surface area contributed by atoms with Gasteiger partial charge in [0.25, 0.3) is 0 Å². The van der Waals surface area contributed by atoms with Crippen LogP contribution in [0.5, 0.6) is 0 Å². The number of cyclic esters (lactones) is 2. The molecule has 3 nitrogen and oxygen atoms in total. The van der Waals surface area contributed by atoms with Crippen molar-refractivity contribution in [2.75, 3.05) is 0 Å². The van der Waals surface area contributed by atoms with E-state index in [2.05, 4.69) is 52.0 Å². The van der Waals surface area contributed by atoms with Crippen molar-refractivity contribution < 1.29 is 51.1 Å². The first-order chi connectivity index (χ1) is 15.4. The van der Waals surface area contributed by atoms with E-state index < -0.39 is 23.1 Å². The van der Waals surface area contributed by atoms with Crippen LogP contribution in [0.3, 0.4) is 0 Å². The maximum Gasteiger partial charge on any atom is 0.673 e. The Labute approximate surface area is 215 Å². The third-order valence-electron chi connectivity index (χ3n) is 7.37. The summed E-state index contributed by atoms with van der Waals surface area (Å²) < 4.78 is 44.1. The van der Waals surface area contributed by atoms with Crippen LogP contribution in [0.4, 0.5) is 17.3 Å². The van der Waals surface area contributed by atoms with Crippen LogP contribution in [-0.2, 0) is 33.8 Å². The maximum absolute atomic E-state index is 12.4. The SMILES string of the molecule is C1=CC2C=CC1C2.C[C@@H]1CC[C@@H](C)[PH+]1C1=C([PH+]2[C@H](C)CC[C@H]2C)C(=O)OC1=O.F[B-](F)(F)F.[Rh]. The van der Waals surface area contributed by atoms with Crippen molar-refractivity contribution in [2.24, 2.45) is 11.8 Å². The standard InChI is InChI=1S/C16H24O3P2.C7H8.BF4.Rh/c1-9-5-6-10(2)20(9)13-14(16(18)19-15(13)17)21-11(3)7-8-12(21)4;1-2-7-4-3-6(1)5-7;2-1(3,4)5;/h9-12H,5-8H2,1-4H3;1-4,6-7H,5H2;;/q;;-1;/p+2/t9-,10-,11-,12-;;;/m1.../s1. The topological polar surface area (TPSA) is 43.4 Å². The Hall–Kier alpha value is -0.372. The average molecular weight is 610 g/mol. The van der Waals surface area contributed by atoms with E-state index in [0.717, 1.165) is 22.5 Å². The van der Waals surface area contributed by atoms with Crippen LogP contribution in [-0.4, -0.2) is 41.8 Å². The number of hydrogen-bond acceptors (Lipinski definition) is 3. The van der Waals surface area contributed by atoms with E-state index >= 15 is 0 Å². The van der Waals surface area contributed by atoms with E-state index in [9.17, 15) is 26.9 Å². The van der Waals surface area contributed by atoms with E-state index in [1.54, 1.807) is 0 Å². The second-order valence-electron chi connectivity index (χ2n) is 9.92. The number of halogens is 4. The molecule has 2 saturated heterocycles. The molecule has 0 aromatic heterocycles. The summed E-state index contributed by atoms with van der Waals surface area (Å²) in [5, 5.41) is 1.77. The van der Waals surface area contributed by atoms with Crippen molar-refractivity contribution in [1.29, 1.82) is 0 Å². The fourth-order valence-corrected chi connectivity index (χ4v) is 13.9. The molecule has 3 aliphatic heterocycles. The number of rotatable bonds is 2. The largest absolute Gasteiger partial charge is 0.673 e. The molecule has 0 amide bonds. The van der Waals surface area contributed by atoms with Gasteiger partial charge in [-0.25, -0.2) is 9.59 Å². The minimum atomic E-state index is -6.00. The average Bonchev–Trinajstić information content (AvgIpc) is 3.51. The van der Waals surface area contributed by atoms with E-state index in [0.29, 0.717) is 22.6 Å². The molecule has 5 rings (SSSR count). The molecule has 0 N–H and O–H groups in total. The van der Waals surface area contributed by atoms with Gasteiger partial charge in [0.15, 0.2) is 0 Å². The van der Waals surface area contributed by atoms with E-state index in [1.807, 2.05) is 0 Å². The van der Waals surface area contributed by atoms with Crippen LogP contribution < -0.4 is 0 Å². The zero-order valence-corrected chi connectivity index (χ0v) is 23.6. The number of fused-ring (bicyclic) bond motifs is 2. The monoisotopic (exact) mass is 610 g/mol. The Morgan fingerprint density at radius 3 is 1.18 bits per heavy atom. The van der Waals surface area contributed by atoms with Crippen LogP contribution in [0, 0.1) is 11.8 Å². The number of carbonyl (C=O) groups is 2. The molecule has 4 atom stereocenters. The zero-order chi connectivity index (χ0) is 24.5. The van der Waals surface area contributed by atoms with Gasteiger partial charge in [-0.2, -0.15) is 0 Å². The number of allylic oxidation sites excluding steroid dienone is 4.